The Morgan fingerprint density at radius 3 is 1.28 bits per heavy atom. The highest BCUT2D eigenvalue weighted by Crippen LogP contribution is 2.52. The first-order valence-corrected chi connectivity index (χ1v) is 23.7. The molecule has 0 unspecified atom stereocenters. The van der Waals surface area contributed by atoms with E-state index in [1.165, 1.54) is 55.6 Å². The number of pyridine rings is 1. The van der Waals surface area contributed by atoms with Crippen LogP contribution in [0, 0.1) is 39.0 Å². The van der Waals surface area contributed by atoms with Crippen LogP contribution in [0.15, 0.2) is 207 Å². The van der Waals surface area contributed by atoms with E-state index in [2.05, 4.69) is 230 Å². The predicted octanol–water partition coefficient (Wildman–Crippen LogP) is 16.1. The van der Waals surface area contributed by atoms with Gasteiger partial charge in [0.05, 0.1) is 50.5 Å². The van der Waals surface area contributed by atoms with E-state index < -0.39 is 5.41 Å². The van der Waals surface area contributed by atoms with E-state index >= 15 is 0 Å². The first-order chi connectivity index (χ1) is 33.8. The SMILES string of the molecule is Cc1ccccc1-c1ccc2c3ccc4cc3n(c2c1)-c1cc(C#N)c(-c2ccncc2)cc1-n1c2cc(-c3ccccc3C)ccc2c2ccc(cc21)C4(c1ccccc1C)c1ccccc1C. The van der Waals surface area contributed by atoms with Gasteiger partial charge in [-0.15, -0.1) is 0 Å². The van der Waals surface area contributed by atoms with Crippen LogP contribution in [0.1, 0.15) is 50.1 Å². The fourth-order valence-electron chi connectivity index (χ4n) is 11.9. The molecule has 4 heteroatoms. The van der Waals surface area contributed by atoms with Gasteiger partial charge in [-0.3, -0.25) is 4.98 Å². The van der Waals surface area contributed by atoms with Crippen LogP contribution in [0.25, 0.3) is 88.4 Å². The Balaban J connectivity index is 1.30. The van der Waals surface area contributed by atoms with Gasteiger partial charge in [-0.05, 0) is 149 Å². The predicted molar refractivity (Wildman–Crippen MR) is 285 cm³/mol. The van der Waals surface area contributed by atoms with Crippen LogP contribution < -0.4 is 0 Å². The Kier molecular flexibility index (Phi) is 9.03. The van der Waals surface area contributed by atoms with Crippen LogP contribution in [-0.2, 0) is 5.41 Å². The van der Waals surface area contributed by atoms with Crippen LogP contribution in [0.5, 0.6) is 0 Å². The van der Waals surface area contributed by atoms with Crippen molar-refractivity contribution in [2.45, 2.75) is 33.1 Å². The molecule has 0 saturated heterocycles. The molecule has 1 aliphatic rings. The monoisotopic (exact) mass is 882 g/mol. The van der Waals surface area contributed by atoms with Crippen LogP contribution in [-0.4, -0.2) is 14.1 Å². The maximum absolute atomic E-state index is 11.2. The zero-order valence-electron chi connectivity index (χ0n) is 38.9. The summed E-state index contributed by atoms with van der Waals surface area (Å²) < 4.78 is 4.95. The molecule has 0 N–H and O–H groups in total. The molecule has 4 nitrogen and oxygen atoms in total. The van der Waals surface area contributed by atoms with Crippen molar-refractivity contribution in [3.63, 3.8) is 0 Å². The summed E-state index contributed by atoms with van der Waals surface area (Å²) in [4.78, 5) is 4.39. The van der Waals surface area contributed by atoms with E-state index in [4.69, 9.17) is 0 Å². The summed E-state index contributed by atoms with van der Waals surface area (Å²) in [5.41, 5.74) is 22.2. The molecular formula is C65H46N4. The molecule has 0 amide bonds. The minimum atomic E-state index is -0.739. The van der Waals surface area contributed by atoms with E-state index in [0.29, 0.717) is 5.56 Å². The second kappa shape index (κ2) is 15.4. The largest absolute Gasteiger partial charge is 0.307 e. The average Bonchev–Trinajstić information content (AvgIpc) is 3.88. The second-order valence-corrected chi connectivity index (χ2v) is 18.8. The van der Waals surface area contributed by atoms with Crippen molar-refractivity contribution < 1.29 is 0 Å². The van der Waals surface area contributed by atoms with Gasteiger partial charge in [0.1, 0.15) is 0 Å². The smallest absolute Gasteiger partial charge is 0.0998 e. The minimum absolute atomic E-state index is 0.590. The third kappa shape index (κ3) is 5.90. The molecule has 0 aliphatic carbocycles. The standard InChI is InChI=1S/C65H46N4/c1-40-13-5-9-17-50(40)45-21-25-52-54-27-23-48-36-61(54)68(59(52)33-45)63-35-47(39-66)56(44-29-31-67-32-30-44)38-64(63)69-60-34-46(51-18-10-6-14-41(51)2)22-26-53(60)55-28-24-49(37-62(55)69)65(48,57-19-11-7-15-42(57)3)58-20-12-8-16-43(58)4/h5-38H,1-4H3. The molecule has 1 aliphatic heterocycles. The third-order valence-corrected chi connectivity index (χ3v) is 15.1. The van der Waals surface area contributed by atoms with Crippen molar-refractivity contribution in [2.75, 3.05) is 0 Å². The van der Waals surface area contributed by atoms with E-state index in [1.54, 1.807) is 0 Å². The molecule has 9 aromatic carbocycles. The Morgan fingerprint density at radius 2 is 0.812 bits per heavy atom. The second-order valence-electron chi connectivity index (χ2n) is 18.8. The van der Waals surface area contributed by atoms with Gasteiger partial charge in [0.25, 0.3) is 0 Å². The zero-order valence-corrected chi connectivity index (χ0v) is 38.9. The zero-order chi connectivity index (χ0) is 46.5. The summed E-state index contributed by atoms with van der Waals surface area (Å²) in [7, 11) is 0. The van der Waals surface area contributed by atoms with E-state index in [-0.39, 0.29) is 0 Å². The highest BCUT2D eigenvalue weighted by molar-refractivity contribution is 6.13. The number of aromatic nitrogens is 3. The Labute approximate surface area is 401 Å². The molecule has 0 atom stereocenters. The summed E-state index contributed by atoms with van der Waals surface area (Å²) in [6.07, 6.45) is 3.62. The number of fused-ring (bicyclic) bond motifs is 11. The molecule has 0 spiro atoms. The molecule has 326 valence electrons. The fourth-order valence-corrected chi connectivity index (χ4v) is 11.9. The number of hydrogen-bond donors (Lipinski definition) is 0. The lowest BCUT2D eigenvalue weighted by Gasteiger charge is -2.39. The van der Waals surface area contributed by atoms with Gasteiger partial charge in [-0.25, -0.2) is 0 Å². The summed E-state index contributed by atoms with van der Waals surface area (Å²) >= 11 is 0. The number of benzene rings is 9. The molecular weight excluding hydrogens is 837 g/mol. The van der Waals surface area contributed by atoms with Crippen molar-refractivity contribution in [2.24, 2.45) is 0 Å². The highest BCUT2D eigenvalue weighted by atomic mass is 15.1. The van der Waals surface area contributed by atoms with Crippen LogP contribution in [0.3, 0.4) is 0 Å². The lowest BCUT2D eigenvalue weighted by atomic mass is 9.63. The minimum Gasteiger partial charge on any atom is -0.307 e. The van der Waals surface area contributed by atoms with Gasteiger partial charge >= 0.3 is 0 Å². The van der Waals surface area contributed by atoms with Crippen molar-refractivity contribution in [3.8, 4) is 50.8 Å². The fraction of sp³-hybridized carbons (Fsp3) is 0.0769. The van der Waals surface area contributed by atoms with Gasteiger partial charge in [-0.1, -0.05) is 146 Å². The normalized spacial score (nSPS) is 12.7. The van der Waals surface area contributed by atoms with E-state index in [9.17, 15) is 5.26 Å². The van der Waals surface area contributed by atoms with Crippen molar-refractivity contribution >= 4 is 43.6 Å². The highest BCUT2D eigenvalue weighted by Gasteiger charge is 2.42. The molecule has 12 aromatic rings. The molecule has 0 radical (unpaired) electrons. The summed E-state index contributed by atoms with van der Waals surface area (Å²) in [6.45, 7) is 8.89. The van der Waals surface area contributed by atoms with Crippen LogP contribution >= 0.6 is 0 Å². The molecule has 13 rings (SSSR count). The molecule has 3 aromatic heterocycles. The molecule has 4 heterocycles. The number of aryl methyl sites for hydroxylation is 4. The van der Waals surface area contributed by atoms with Gasteiger partial charge in [0.2, 0.25) is 0 Å². The first kappa shape index (κ1) is 40.5. The number of nitrogens with zero attached hydrogens (tertiary/aromatic N) is 4. The lowest BCUT2D eigenvalue weighted by molar-refractivity contribution is 0.734. The van der Waals surface area contributed by atoms with Crippen molar-refractivity contribution in [3.05, 3.63) is 257 Å². The summed E-state index contributed by atoms with van der Waals surface area (Å²) in [6, 6.07) is 74.5. The Morgan fingerprint density at radius 1 is 0.391 bits per heavy atom. The van der Waals surface area contributed by atoms with Gasteiger partial charge < -0.3 is 9.13 Å². The van der Waals surface area contributed by atoms with Crippen LogP contribution in [0.2, 0.25) is 0 Å². The molecule has 0 fully saturated rings. The topological polar surface area (TPSA) is 46.5 Å². The van der Waals surface area contributed by atoms with Gasteiger partial charge in [-0.2, -0.15) is 5.26 Å². The molecule has 4 bridgehead atoms. The quantitative estimate of drug-likeness (QED) is 0.173. The number of hydrogen-bond acceptors (Lipinski definition) is 2. The Bertz CT molecular complexity index is 4090. The van der Waals surface area contributed by atoms with Crippen molar-refractivity contribution in [1.29, 1.82) is 5.26 Å². The summed E-state index contributed by atoms with van der Waals surface area (Å²) in [5.74, 6) is 0. The molecule has 69 heavy (non-hydrogen) atoms. The Hall–Kier alpha value is -8.78. The number of nitriles is 1. The van der Waals surface area contributed by atoms with Crippen molar-refractivity contribution in [1.82, 2.24) is 14.1 Å². The maximum Gasteiger partial charge on any atom is 0.0998 e. The third-order valence-electron chi connectivity index (χ3n) is 15.1. The summed E-state index contributed by atoms with van der Waals surface area (Å²) in [5, 5.41) is 15.9. The maximum atomic E-state index is 11.2. The lowest BCUT2D eigenvalue weighted by Crippen LogP contribution is -2.32. The van der Waals surface area contributed by atoms with Gasteiger partial charge in [0, 0.05) is 39.5 Å². The first-order valence-electron chi connectivity index (χ1n) is 23.7. The molecule has 0 saturated carbocycles. The number of rotatable bonds is 5. The van der Waals surface area contributed by atoms with Crippen LogP contribution in [0.4, 0.5) is 0 Å². The van der Waals surface area contributed by atoms with E-state index in [1.807, 2.05) is 24.5 Å². The average molecular weight is 883 g/mol. The van der Waals surface area contributed by atoms with E-state index in [0.717, 1.165) is 77.2 Å². The van der Waals surface area contributed by atoms with Gasteiger partial charge in [0.15, 0.2) is 0 Å².